The molecule has 0 aromatic heterocycles. The lowest BCUT2D eigenvalue weighted by atomic mass is 9.74. The fraction of sp³-hybridized carbons (Fsp3) is 0.783. The van der Waals surface area contributed by atoms with E-state index in [1.54, 1.807) is 6.92 Å². The van der Waals surface area contributed by atoms with E-state index in [2.05, 4.69) is 40.4 Å². The van der Waals surface area contributed by atoms with E-state index in [0.29, 0.717) is 13.0 Å². The van der Waals surface area contributed by atoms with E-state index in [-0.39, 0.29) is 23.3 Å². The molecule has 6 atom stereocenters. The van der Waals surface area contributed by atoms with Crippen LogP contribution in [0.2, 0.25) is 18.1 Å². The summed E-state index contributed by atoms with van der Waals surface area (Å²) < 4.78 is 17.1. The number of alkyl halides is 1. The van der Waals surface area contributed by atoms with E-state index in [4.69, 9.17) is 25.5 Å². The molecule has 0 aliphatic carbocycles. The Labute approximate surface area is 197 Å². The fourth-order valence-electron chi connectivity index (χ4n) is 4.15. The molecule has 2 aliphatic rings. The maximum atomic E-state index is 13.2. The van der Waals surface area contributed by atoms with Gasteiger partial charge >= 0.3 is 5.97 Å². The molecule has 2 aliphatic heterocycles. The number of hydrogen-bond acceptors (Lipinski definition) is 6. The Kier molecular flexibility index (Phi) is 8.75. The topological polar surface area (TPSA) is 82.1 Å². The third kappa shape index (κ3) is 5.46. The van der Waals surface area contributed by atoms with E-state index < -0.39 is 49.9 Å². The second-order valence-corrected chi connectivity index (χ2v) is 15.5. The first-order valence-electron chi connectivity index (χ1n) is 11.3. The van der Waals surface area contributed by atoms with Crippen molar-refractivity contribution in [3.8, 4) is 0 Å². The molecule has 2 fully saturated rings. The van der Waals surface area contributed by atoms with Crippen molar-refractivity contribution < 1.29 is 28.3 Å². The van der Waals surface area contributed by atoms with Gasteiger partial charge in [-0.3, -0.25) is 9.59 Å². The van der Waals surface area contributed by atoms with E-state index in [9.17, 15) is 14.4 Å². The summed E-state index contributed by atoms with van der Waals surface area (Å²) in [4.78, 5) is 40.0. The van der Waals surface area contributed by atoms with Crippen molar-refractivity contribution in [3.63, 3.8) is 0 Å². The van der Waals surface area contributed by atoms with Gasteiger partial charge in [-0.2, -0.15) is 0 Å². The standard InChI is InChI=1S/C23H38ClNO6Si/c1-9-12-30-22(28)20(24)25-18(14(2)19(26)16-11-10-13-29-16)17(21(25)27)15(3)31-32(7,8)23(4,5)6/h9,14-18,20H,1,10-13H2,2-8H3/t14-,15-,16?,17-,18-,20?/m1/s1. The first-order chi connectivity index (χ1) is 14.7. The maximum absolute atomic E-state index is 13.2. The largest absolute Gasteiger partial charge is 0.459 e. The van der Waals surface area contributed by atoms with E-state index in [1.165, 1.54) is 11.0 Å². The van der Waals surface area contributed by atoms with Crippen LogP contribution in [0.1, 0.15) is 47.5 Å². The molecule has 2 unspecified atom stereocenters. The van der Waals surface area contributed by atoms with Gasteiger partial charge in [0.25, 0.3) is 0 Å². The quantitative estimate of drug-likeness (QED) is 0.116. The van der Waals surface area contributed by atoms with Crippen molar-refractivity contribution in [2.45, 2.75) is 89.3 Å². The van der Waals surface area contributed by atoms with Gasteiger partial charge in [0, 0.05) is 12.5 Å². The second-order valence-electron chi connectivity index (χ2n) is 10.3. The lowest BCUT2D eigenvalue weighted by molar-refractivity contribution is -0.178. The Balaban J connectivity index is 2.29. The van der Waals surface area contributed by atoms with Gasteiger partial charge in [0.2, 0.25) is 11.4 Å². The molecular formula is C23H38ClNO6Si. The maximum Gasteiger partial charge on any atom is 0.344 e. The number of rotatable bonds is 10. The Bertz CT molecular complexity index is 730. The van der Waals surface area contributed by atoms with Crippen LogP contribution in [0.3, 0.4) is 0 Å². The molecule has 0 bridgehead atoms. The number of ether oxygens (including phenoxy) is 2. The Morgan fingerprint density at radius 3 is 2.47 bits per heavy atom. The number of carbonyl (C=O) groups is 3. The molecule has 0 aromatic carbocycles. The lowest BCUT2D eigenvalue weighted by Crippen LogP contribution is -2.71. The third-order valence-electron chi connectivity index (χ3n) is 7.01. The molecule has 0 aromatic rings. The SMILES string of the molecule is C=CCOC(=O)C(Cl)N1C(=O)[C@H]([C@@H](C)O[Si](C)(C)C(C)(C)C)[C@H]1[C@@H](C)C(=O)C1CCCO1. The van der Waals surface area contributed by atoms with Crippen LogP contribution in [-0.2, 0) is 28.3 Å². The zero-order valence-electron chi connectivity index (χ0n) is 20.4. The molecule has 0 saturated carbocycles. The van der Waals surface area contributed by atoms with Crippen molar-refractivity contribution >= 4 is 37.6 Å². The fourth-order valence-corrected chi connectivity index (χ4v) is 5.87. The minimum Gasteiger partial charge on any atom is -0.459 e. The number of hydrogen-bond donors (Lipinski definition) is 0. The summed E-state index contributed by atoms with van der Waals surface area (Å²) in [6.07, 6.45) is 2.02. The number of halogens is 1. The Hall–Kier alpha value is -1.22. The highest BCUT2D eigenvalue weighted by atomic mass is 35.5. The molecule has 0 spiro atoms. The summed E-state index contributed by atoms with van der Waals surface area (Å²) in [5.74, 6) is -2.24. The predicted octanol–water partition coefficient (Wildman–Crippen LogP) is 3.90. The summed E-state index contributed by atoms with van der Waals surface area (Å²) in [6.45, 7) is 18.3. The minimum atomic E-state index is -2.16. The number of carbonyl (C=O) groups excluding carboxylic acids is 3. The minimum absolute atomic E-state index is 0.00648. The molecule has 0 N–H and O–H groups in total. The van der Waals surface area contributed by atoms with Crippen LogP contribution in [0.15, 0.2) is 12.7 Å². The van der Waals surface area contributed by atoms with Crippen LogP contribution in [0.4, 0.5) is 0 Å². The highest BCUT2D eigenvalue weighted by molar-refractivity contribution is 6.74. The average molecular weight is 488 g/mol. The van der Waals surface area contributed by atoms with Crippen LogP contribution in [-0.4, -0.2) is 67.8 Å². The van der Waals surface area contributed by atoms with Crippen LogP contribution in [0, 0.1) is 11.8 Å². The van der Waals surface area contributed by atoms with Crippen molar-refractivity contribution in [1.29, 1.82) is 0 Å². The number of esters is 1. The average Bonchev–Trinajstić information content (AvgIpc) is 3.22. The summed E-state index contributed by atoms with van der Waals surface area (Å²) in [6, 6.07) is -0.572. The highest BCUT2D eigenvalue weighted by Crippen LogP contribution is 2.43. The van der Waals surface area contributed by atoms with Gasteiger partial charge in [-0.1, -0.05) is 52.0 Å². The van der Waals surface area contributed by atoms with Crippen LogP contribution in [0.25, 0.3) is 0 Å². The third-order valence-corrected chi connectivity index (χ3v) is 12.0. The number of likely N-dealkylation sites (tertiary alicyclic amines) is 1. The molecule has 0 radical (unpaired) electrons. The first kappa shape index (κ1) is 27.0. The molecule has 2 heterocycles. The summed E-state index contributed by atoms with van der Waals surface area (Å²) in [5.41, 5.74) is -1.32. The zero-order valence-corrected chi connectivity index (χ0v) is 22.1. The molecule has 182 valence electrons. The van der Waals surface area contributed by atoms with E-state index in [0.717, 1.165) is 6.42 Å². The molecule has 1 amide bonds. The number of ketones is 1. The molecule has 7 nitrogen and oxygen atoms in total. The summed E-state index contributed by atoms with van der Waals surface area (Å²) >= 11 is 6.36. The van der Waals surface area contributed by atoms with Gasteiger partial charge in [0.1, 0.15) is 12.7 Å². The number of β-lactam (4-membered cyclic amide) rings is 1. The normalized spacial score (nSPS) is 26.8. The zero-order chi connectivity index (χ0) is 24.4. The second kappa shape index (κ2) is 10.4. The Morgan fingerprint density at radius 2 is 1.97 bits per heavy atom. The van der Waals surface area contributed by atoms with Crippen LogP contribution >= 0.6 is 11.6 Å². The highest BCUT2D eigenvalue weighted by Gasteiger charge is 2.59. The summed E-state index contributed by atoms with van der Waals surface area (Å²) in [7, 11) is -2.16. The van der Waals surface area contributed by atoms with Gasteiger partial charge in [-0.05, 0) is 37.9 Å². The van der Waals surface area contributed by atoms with Crippen molar-refractivity contribution in [2.24, 2.45) is 11.8 Å². The number of amides is 1. The van der Waals surface area contributed by atoms with Crippen LogP contribution < -0.4 is 0 Å². The summed E-state index contributed by atoms with van der Waals surface area (Å²) in [5, 5.41) is -0.0358. The molecular weight excluding hydrogens is 450 g/mol. The molecule has 2 rings (SSSR count). The Morgan fingerprint density at radius 1 is 1.34 bits per heavy atom. The van der Waals surface area contributed by atoms with Crippen molar-refractivity contribution in [2.75, 3.05) is 13.2 Å². The number of nitrogens with zero attached hydrogens (tertiary/aromatic N) is 1. The monoisotopic (exact) mass is 487 g/mol. The van der Waals surface area contributed by atoms with Gasteiger partial charge in [-0.25, -0.2) is 4.79 Å². The van der Waals surface area contributed by atoms with E-state index in [1.807, 2.05) is 6.92 Å². The smallest absolute Gasteiger partial charge is 0.344 e. The van der Waals surface area contributed by atoms with Gasteiger partial charge in [0.05, 0.1) is 18.1 Å². The van der Waals surface area contributed by atoms with Crippen LogP contribution in [0.5, 0.6) is 0 Å². The van der Waals surface area contributed by atoms with Crippen molar-refractivity contribution in [3.05, 3.63) is 12.7 Å². The first-order valence-corrected chi connectivity index (χ1v) is 14.7. The lowest BCUT2D eigenvalue weighted by Gasteiger charge is -2.54. The number of Topliss-reactive ketones (excluding diaryl/α,β-unsaturated/α-hetero) is 1. The van der Waals surface area contributed by atoms with E-state index >= 15 is 0 Å². The van der Waals surface area contributed by atoms with Gasteiger partial charge in [0.15, 0.2) is 14.1 Å². The van der Waals surface area contributed by atoms with Gasteiger partial charge in [-0.15, -0.1) is 0 Å². The molecule has 32 heavy (non-hydrogen) atoms. The molecule has 2 saturated heterocycles. The predicted molar refractivity (Wildman–Crippen MR) is 126 cm³/mol. The van der Waals surface area contributed by atoms with Crippen molar-refractivity contribution in [1.82, 2.24) is 4.90 Å². The molecule has 9 heteroatoms. The van der Waals surface area contributed by atoms with Gasteiger partial charge < -0.3 is 18.8 Å².